The molecule has 1 saturated heterocycles. The number of nitrogens with one attached hydrogen (secondary N) is 1. The minimum atomic E-state index is 0.0327. The van der Waals surface area contributed by atoms with Gasteiger partial charge < -0.3 is 10.2 Å². The number of hydrogen-bond acceptors (Lipinski definition) is 3. The Morgan fingerprint density at radius 1 is 1.28 bits per heavy atom. The number of carbonyl (C=O) groups is 1. The van der Waals surface area contributed by atoms with Crippen LogP contribution in [0.15, 0.2) is 30.3 Å². The van der Waals surface area contributed by atoms with E-state index in [1.807, 2.05) is 24.9 Å². The number of piperidine rings is 1. The van der Waals surface area contributed by atoms with Gasteiger partial charge in [-0.15, -0.1) is 0 Å². The van der Waals surface area contributed by atoms with Crippen LogP contribution in [-0.4, -0.2) is 39.7 Å². The Balaban J connectivity index is 1.63. The molecule has 2 aromatic rings. The second-order valence-electron chi connectivity index (χ2n) is 7.31. The maximum absolute atomic E-state index is 12.7. The predicted molar refractivity (Wildman–Crippen MR) is 101 cm³/mol. The average molecular weight is 340 g/mol. The number of hydrogen-bond donors (Lipinski definition) is 1. The zero-order chi connectivity index (χ0) is 18.0. The number of amides is 1. The van der Waals surface area contributed by atoms with Crippen LogP contribution in [-0.2, 0) is 7.05 Å². The van der Waals surface area contributed by atoms with Crippen LogP contribution in [0.5, 0.6) is 0 Å². The fourth-order valence-corrected chi connectivity index (χ4v) is 3.31. The number of benzene rings is 1. The first-order chi connectivity index (χ1) is 11.9. The molecule has 1 N–H and O–H groups in total. The Bertz CT molecular complexity index is 713. The first-order valence-corrected chi connectivity index (χ1v) is 9.10. The van der Waals surface area contributed by atoms with E-state index in [4.69, 9.17) is 0 Å². The summed E-state index contributed by atoms with van der Waals surface area (Å²) in [6.45, 7) is 7.89. The first-order valence-electron chi connectivity index (χ1n) is 9.10. The fraction of sp³-hybridized carbons (Fsp3) is 0.500. The lowest BCUT2D eigenvalue weighted by atomic mass is 10.0. The summed E-state index contributed by atoms with van der Waals surface area (Å²) in [6, 6.07) is 10.8. The maximum atomic E-state index is 12.7. The molecule has 2 heterocycles. The number of rotatable bonds is 4. The number of nitrogens with zero attached hydrogens (tertiary/aromatic N) is 3. The monoisotopic (exact) mass is 340 g/mol. The molecular weight excluding hydrogens is 312 g/mol. The molecule has 25 heavy (non-hydrogen) atoms. The largest absolute Gasteiger partial charge is 0.381 e. The van der Waals surface area contributed by atoms with Gasteiger partial charge >= 0.3 is 0 Å². The van der Waals surface area contributed by atoms with Crippen molar-refractivity contribution in [3.63, 3.8) is 0 Å². The Kier molecular flexibility index (Phi) is 5.11. The van der Waals surface area contributed by atoms with Crippen molar-refractivity contribution in [1.82, 2.24) is 14.7 Å². The van der Waals surface area contributed by atoms with E-state index >= 15 is 0 Å². The molecule has 5 nitrogen and oxygen atoms in total. The Labute approximate surface area is 150 Å². The minimum absolute atomic E-state index is 0.0327. The molecule has 1 atom stereocenters. The lowest BCUT2D eigenvalue weighted by Gasteiger charge is -2.33. The van der Waals surface area contributed by atoms with Gasteiger partial charge in [-0.2, -0.15) is 5.10 Å². The third-order valence-electron chi connectivity index (χ3n) is 4.99. The zero-order valence-electron chi connectivity index (χ0n) is 15.6. The Hall–Kier alpha value is -2.30. The number of aromatic nitrogens is 2. The second kappa shape index (κ2) is 7.30. The highest BCUT2D eigenvalue weighted by Crippen LogP contribution is 2.21. The number of anilines is 1. The molecule has 1 aromatic heterocycles. The highest BCUT2D eigenvalue weighted by atomic mass is 16.2. The molecule has 1 amide bonds. The van der Waals surface area contributed by atoms with E-state index in [0.717, 1.165) is 37.3 Å². The van der Waals surface area contributed by atoms with Gasteiger partial charge in [0.2, 0.25) is 0 Å². The second-order valence-corrected chi connectivity index (χ2v) is 7.31. The van der Waals surface area contributed by atoms with E-state index in [2.05, 4.69) is 48.5 Å². The third-order valence-corrected chi connectivity index (χ3v) is 4.99. The predicted octanol–water partition coefficient (Wildman–Crippen LogP) is 3.57. The number of aryl methyl sites for hydroxylation is 2. The van der Waals surface area contributed by atoms with Crippen LogP contribution in [0.3, 0.4) is 0 Å². The maximum Gasteiger partial charge on any atom is 0.274 e. The summed E-state index contributed by atoms with van der Waals surface area (Å²) >= 11 is 0. The van der Waals surface area contributed by atoms with Gasteiger partial charge in [0.15, 0.2) is 5.69 Å². The van der Waals surface area contributed by atoms with Crippen LogP contribution in [0, 0.1) is 6.92 Å². The molecule has 0 spiro atoms. The van der Waals surface area contributed by atoms with Crippen LogP contribution in [0.4, 0.5) is 5.69 Å². The van der Waals surface area contributed by atoms with Crippen molar-refractivity contribution >= 4 is 11.6 Å². The first kappa shape index (κ1) is 17.5. The summed E-state index contributed by atoms with van der Waals surface area (Å²) in [6.07, 6.45) is 2.09. The molecule has 0 saturated carbocycles. The molecule has 1 aliphatic heterocycles. The summed E-state index contributed by atoms with van der Waals surface area (Å²) in [5, 5.41) is 7.91. The van der Waals surface area contributed by atoms with Gasteiger partial charge in [-0.3, -0.25) is 9.48 Å². The SMILES string of the molecule is Cc1cc(C(=O)N2CCC[C@@H](Nc3ccc(C(C)C)cc3)C2)nn1C. The molecular formula is C20H28N4O. The van der Waals surface area contributed by atoms with E-state index in [1.165, 1.54) is 5.56 Å². The topological polar surface area (TPSA) is 50.2 Å². The number of carbonyl (C=O) groups excluding carboxylic acids is 1. The van der Waals surface area contributed by atoms with E-state index in [1.54, 1.807) is 4.68 Å². The molecule has 1 aliphatic rings. The fourth-order valence-electron chi connectivity index (χ4n) is 3.31. The van der Waals surface area contributed by atoms with Crippen LogP contribution < -0.4 is 5.32 Å². The van der Waals surface area contributed by atoms with Crippen LogP contribution in [0.25, 0.3) is 0 Å². The summed E-state index contributed by atoms with van der Waals surface area (Å²) in [7, 11) is 1.87. The Morgan fingerprint density at radius 3 is 2.60 bits per heavy atom. The van der Waals surface area contributed by atoms with Gasteiger partial charge in [-0.05, 0) is 49.4 Å². The highest BCUT2D eigenvalue weighted by molar-refractivity contribution is 5.92. The van der Waals surface area contributed by atoms with Crippen molar-refractivity contribution in [2.45, 2.75) is 45.6 Å². The van der Waals surface area contributed by atoms with Crippen molar-refractivity contribution < 1.29 is 4.79 Å². The van der Waals surface area contributed by atoms with Gasteiger partial charge in [0.25, 0.3) is 5.91 Å². The van der Waals surface area contributed by atoms with Gasteiger partial charge in [-0.1, -0.05) is 26.0 Å². The molecule has 0 aliphatic carbocycles. The minimum Gasteiger partial charge on any atom is -0.381 e. The van der Waals surface area contributed by atoms with Crippen LogP contribution >= 0.6 is 0 Å². The standard InChI is InChI=1S/C20H28N4O/c1-14(2)16-7-9-17(10-8-16)21-18-6-5-11-24(13-18)20(25)19-12-15(3)23(4)22-19/h7-10,12,14,18,21H,5-6,11,13H2,1-4H3/t18-/m1/s1. The average Bonchev–Trinajstić information content (AvgIpc) is 2.94. The Morgan fingerprint density at radius 2 is 2.00 bits per heavy atom. The lowest BCUT2D eigenvalue weighted by Crippen LogP contribution is -2.45. The normalized spacial score (nSPS) is 17.8. The van der Waals surface area contributed by atoms with Gasteiger partial charge in [0.05, 0.1) is 0 Å². The molecule has 0 radical (unpaired) electrons. The smallest absolute Gasteiger partial charge is 0.274 e. The lowest BCUT2D eigenvalue weighted by molar-refractivity contribution is 0.0708. The molecule has 1 fully saturated rings. The highest BCUT2D eigenvalue weighted by Gasteiger charge is 2.26. The van der Waals surface area contributed by atoms with E-state index in [9.17, 15) is 4.79 Å². The molecule has 134 valence electrons. The van der Waals surface area contributed by atoms with Crippen molar-refractivity contribution in [3.8, 4) is 0 Å². The molecule has 0 unspecified atom stereocenters. The van der Waals surface area contributed by atoms with Crippen LogP contribution in [0.2, 0.25) is 0 Å². The van der Waals surface area contributed by atoms with Crippen molar-refractivity contribution in [3.05, 3.63) is 47.3 Å². The third kappa shape index (κ3) is 4.03. The van der Waals surface area contributed by atoms with E-state index < -0.39 is 0 Å². The molecule has 3 rings (SSSR count). The molecule has 0 bridgehead atoms. The van der Waals surface area contributed by atoms with Crippen molar-refractivity contribution in [1.29, 1.82) is 0 Å². The summed E-state index contributed by atoms with van der Waals surface area (Å²) < 4.78 is 1.75. The van der Waals surface area contributed by atoms with Gasteiger partial charge in [-0.25, -0.2) is 0 Å². The van der Waals surface area contributed by atoms with Crippen molar-refractivity contribution in [2.75, 3.05) is 18.4 Å². The van der Waals surface area contributed by atoms with Gasteiger partial charge in [0.1, 0.15) is 0 Å². The summed E-state index contributed by atoms with van der Waals surface area (Å²) in [4.78, 5) is 14.6. The summed E-state index contributed by atoms with van der Waals surface area (Å²) in [5.74, 6) is 0.573. The zero-order valence-corrected chi connectivity index (χ0v) is 15.6. The van der Waals surface area contributed by atoms with Gasteiger partial charge in [0, 0.05) is 37.6 Å². The van der Waals surface area contributed by atoms with Crippen molar-refractivity contribution in [2.24, 2.45) is 7.05 Å². The molecule has 5 heteroatoms. The molecule has 1 aromatic carbocycles. The van der Waals surface area contributed by atoms with E-state index in [0.29, 0.717) is 11.6 Å². The quantitative estimate of drug-likeness (QED) is 0.926. The van der Waals surface area contributed by atoms with E-state index in [-0.39, 0.29) is 11.9 Å². The summed E-state index contributed by atoms with van der Waals surface area (Å²) in [5.41, 5.74) is 4.01. The number of likely N-dealkylation sites (tertiary alicyclic amines) is 1. The van der Waals surface area contributed by atoms with Crippen LogP contribution in [0.1, 0.15) is 54.4 Å².